The molecule has 138 valence electrons. The molecule has 0 radical (unpaired) electrons. The Kier molecular flexibility index (Phi) is 5.97. The van der Waals surface area contributed by atoms with Gasteiger partial charge in [0.15, 0.2) is 0 Å². The molecule has 1 aromatic rings. The van der Waals surface area contributed by atoms with Gasteiger partial charge < -0.3 is 10.1 Å². The van der Waals surface area contributed by atoms with Crippen LogP contribution in [-0.2, 0) is 11.3 Å². The van der Waals surface area contributed by atoms with Gasteiger partial charge in [0.1, 0.15) is 5.75 Å². The van der Waals surface area contributed by atoms with Crippen LogP contribution in [0.5, 0.6) is 5.75 Å². The number of carbonyl (C=O) groups is 1. The number of hydrogen-bond donors (Lipinski definition) is 1. The smallest absolute Gasteiger partial charge is 0.239 e. The third kappa shape index (κ3) is 4.15. The second-order valence-corrected chi connectivity index (χ2v) is 7.33. The zero-order chi connectivity index (χ0) is 17.7. The van der Waals surface area contributed by atoms with Crippen LogP contribution in [0.15, 0.2) is 24.3 Å². The maximum absolute atomic E-state index is 12.6. The number of rotatable bonds is 7. The molecule has 2 aliphatic heterocycles. The fourth-order valence-electron chi connectivity index (χ4n) is 3.90. The van der Waals surface area contributed by atoms with E-state index in [9.17, 15) is 4.79 Å². The van der Waals surface area contributed by atoms with Gasteiger partial charge in [0, 0.05) is 13.5 Å². The number of hydrogen-bond acceptors (Lipinski definition) is 4. The molecule has 0 bridgehead atoms. The lowest BCUT2D eigenvalue weighted by atomic mass is 9.86. The van der Waals surface area contributed by atoms with Crippen molar-refractivity contribution in [1.29, 1.82) is 0 Å². The Bertz CT molecular complexity index is 567. The Hall–Kier alpha value is -1.59. The zero-order valence-electron chi connectivity index (χ0n) is 15.6. The predicted molar refractivity (Wildman–Crippen MR) is 99.2 cm³/mol. The summed E-state index contributed by atoms with van der Waals surface area (Å²) in [6, 6.07) is 8.18. The lowest BCUT2D eigenvalue weighted by Gasteiger charge is -2.41. The molecule has 0 atom stereocenters. The molecular weight excluding hydrogens is 314 g/mol. The molecule has 0 aromatic heterocycles. The Morgan fingerprint density at radius 3 is 2.56 bits per heavy atom. The van der Waals surface area contributed by atoms with Crippen molar-refractivity contribution in [3.8, 4) is 5.75 Å². The molecule has 3 rings (SSSR count). The van der Waals surface area contributed by atoms with E-state index >= 15 is 0 Å². The quantitative estimate of drug-likeness (QED) is 0.772. The first kappa shape index (κ1) is 18.2. The Balaban J connectivity index is 1.57. The maximum Gasteiger partial charge on any atom is 0.239 e. The minimum Gasteiger partial charge on any atom is -0.494 e. The Labute approximate surface area is 151 Å². The molecule has 5 nitrogen and oxygen atoms in total. The van der Waals surface area contributed by atoms with Crippen molar-refractivity contribution in [3.63, 3.8) is 0 Å². The fraction of sp³-hybridized carbons (Fsp3) is 0.650. The topological polar surface area (TPSA) is 44.8 Å². The largest absolute Gasteiger partial charge is 0.494 e. The summed E-state index contributed by atoms with van der Waals surface area (Å²) >= 11 is 0. The van der Waals surface area contributed by atoms with Crippen LogP contribution < -0.4 is 10.1 Å². The number of nitrogens with one attached hydrogen (secondary N) is 1. The second kappa shape index (κ2) is 8.19. The molecule has 1 amide bonds. The monoisotopic (exact) mass is 345 g/mol. The normalized spacial score (nSPS) is 20.4. The number of amides is 1. The second-order valence-electron chi connectivity index (χ2n) is 7.33. The molecular formula is C20H31N3O2. The lowest BCUT2D eigenvalue weighted by molar-refractivity contribution is -0.140. The van der Waals surface area contributed by atoms with Crippen LogP contribution in [0.3, 0.4) is 0 Å². The van der Waals surface area contributed by atoms with Crippen molar-refractivity contribution < 1.29 is 9.53 Å². The highest BCUT2D eigenvalue weighted by atomic mass is 16.5. The van der Waals surface area contributed by atoms with Crippen molar-refractivity contribution in [1.82, 2.24) is 15.3 Å². The molecule has 1 N–H and O–H groups in total. The number of benzene rings is 1. The van der Waals surface area contributed by atoms with E-state index in [1.54, 1.807) is 0 Å². The van der Waals surface area contributed by atoms with Crippen molar-refractivity contribution >= 4 is 5.91 Å². The summed E-state index contributed by atoms with van der Waals surface area (Å²) in [5, 5.41) is 7.52. The van der Waals surface area contributed by atoms with Gasteiger partial charge in [-0.25, -0.2) is 5.01 Å². The molecule has 2 heterocycles. The van der Waals surface area contributed by atoms with Crippen molar-refractivity contribution in [2.75, 3.05) is 26.7 Å². The molecule has 0 aliphatic carbocycles. The maximum atomic E-state index is 12.6. The van der Waals surface area contributed by atoms with E-state index in [0.717, 1.165) is 50.3 Å². The average molecular weight is 345 g/mol. The van der Waals surface area contributed by atoms with Crippen molar-refractivity contribution in [2.24, 2.45) is 0 Å². The SMILES string of the molecule is CCCCCOc1ccc(CN2C(=O)CC3(CCNCC3)N2C)cc1. The lowest BCUT2D eigenvalue weighted by Crippen LogP contribution is -2.52. The highest BCUT2D eigenvalue weighted by Gasteiger charge is 2.48. The molecule has 2 aliphatic rings. The van der Waals surface area contributed by atoms with Crippen LogP contribution in [0, 0.1) is 0 Å². The number of carbonyl (C=O) groups excluding carboxylic acids is 1. The first-order chi connectivity index (χ1) is 12.1. The van der Waals surface area contributed by atoms with Gasteiger partial charge in [-0.3, -0.25) is 9.80 Å². The summed E-state index contributed by atoms with van der Waals surface area (Å²) in [4.78, 5) is 12.6. The predicted octanol–water partition coefficient (Wildman–Crippen LogP) is 2.96. The van der Waals surface area contributed by atoms with Gasteiger partial charge in [-0.15, -0.1) is 0 Å². The molecule has 25 heavy (non-hydrogen) atoms. The molecule has 1 aromatic carbocycles. The van der Waals surface area contributed by atoms with Crippen molar-refractivity contribution in [2.45, 2.75) is 57.5 Å². The van der Waals surface area contributed by atoms with E-state index in [0.29, 0.717) is 13.0 Å². The first-order valence-corrected chi connectivity index (χ1v) is 9.61. The van der Waals surface area contributed by atoms with Gasteiger partial charge in [-0.05, 0) is 50.0 Å². The molecule has 2 fully saturated rings. The van der Waals surface area contributed by atoms with Crippen LogP contribution in [0.25, 0.3) is 0 Å². The highest BCUT2D eigenvalue weighted by molar-refractivity contribution is 5.79. The number of ether oxygens (including phenoxy) is 1. The first-order valence-electron chi connectivity index (χ1n) is 9.61. The van der Waals surface area contributed by atoms with Crippen LogP contribution in [0.4, 0.5) is 0 Å². The van der Waals surface area contributed by atoms with E-state index in [-0.39, 0.29) is 11.4 Å². The number of nitrogens with zero attached hydrogens (tertiary/aromatic N) is 2. The molecule has 0 saturated carbocycles. The van der Waals surface area contributed by atoms with E-state index in [1.165, 1.54) is 12.8 Å². The minimum absolute atomic E-state index is 0.0185. The van der Waals surface area contributed by atoms with E-state index < -0.39 is 0 Å². The fourth-order valence-corrected chi connectivity index (χ4v) is 3.90. The van der Waals surface area contributed by atoms with Gasteiger partial charge in [0.05, 0.1) is 18.7 Å². The van der Waals surface area contributed by atoms with E-state index in [1.807, 2.05) is 17.1 Å². The van der Waals surface area contributed by atoms with Gasteiger partial charge in [-0.2, -0.15) is 0 Å². The summed E-state index contributed by atoms with van der Waals surface area (Å²) in [5.41, 5.74) is 1.16. The number of piperidine rings is 1. The summed E-state index contributed by atoms with van der Waals surface area (Å²) in [7, 11) is 2.07. The zero-order valence-corrected chi connectivity index (χ0v) is 15.6. The summed E-state index contributed by atoms with van der Waals surface area (Å²) in [6.45, 7) is 5.60. The van der Waals surface area contributed by atoms with Crippen LogP contribution in [0.2, 0.25) is 0 Å². The molecule has 2 saturated heterocycles. The Morgan fingerprint density at radius 1 is 1.16 bits per heavy atom. The summed E-state index contributed by atoms with van der Waals surface area (Å²) in [5.74, 6) is 1.15. The van der Waals surface area contributed by atoms with Crippen LogP contribution >= 0.6 is 0 Å². The number of unbranched alkanes of at least 4 members (excludes halogenated alkanes) is 2. The summed E-state index contributed by atoms with van der Waals surface area (Å²) in [6.07, 6.45) is 6.23. The van der Waals surface area contributed by atoms with E-state index in [4.69, 9.17) is 4.74 Å². The standard InChI is InChI=1S/C20H31N3O2/c1-3-4-5-14-25-18-8-6-17(7-9-18)16-23-19(24)15-20(22(23)2)10-12-21-13-11-20/h6-9,21H,3-5,10-16H2,1-2H3. The van der Waals surface area contributed by atoms with Gasteiger partial charge >= 0.3 is 0 Å². The highest BCUT2D eigenvalue weighted by Crippen LogP contribution is 2.37. The van der Waals surface area contributed by atoms with E-state index in [2.05, 4.69) is 36.4 Å². The number of hydrazine groups is 1. The third-order valence-electron chi connectivity index (χ3n) is 5.62. The molecule has 1 spiro atoms. The molecule has 5 heteroatoms. The van der Waals surface area contributed by atoms with Crippen LogP contribution in [-0.4, -0.2) is 48.2 Å². The van der Waals surface area contributed by atoms with Gasteiger partial charge in [-0.1, -0.05) is 31.9 Å². The molecule has 0 unspecified atom stereocenters. The van der Waals surface area contributed by atoms with Gasteiger partial charge in [0.25, 0.3) is 0 Å². The Morgan fingerprint density at radius 2 is 1.88 bits per heavy atom. The van der Waals surface area contributed by atoms with Gasteiger partial charge in [0.2, 0.25) is 5.91 Å². The van der Waals surface area contributed by atoms with Crippen LogP contribution in [0.1, 0.15) is 51.0 Å². The third-order valence-corrected chi connectivity index (χ3v) is 5.62. The van der Waals surface area contributed by atoms with Crippen molar-refractivity contribution in [3.05, 3.63) is 29.8 Å². The average Bonchev–Trinajstić information content (AvgIpc) is 2.85. The minimum atomic E-state index is 0.0185. The summed E-state index contributed by atoms with van der Waals surface area (Å²) < 4.78 is 5.77.